The van der Waals surface area contributed by atoms with Gasteiger partial charge in [-0.15, -0.1) is 0 Å². The van der Waals surface area contributed by atoms with Crippen LogP contribution in [0.5, 0.6) is 0 Å². The molecule has 2 aromatic heterocycles. The number of rotatable bonds is 3. The lowest BCUT2D eigenvalue weighted by Gasteiger charge is -2.01. The van der Waals surface area contributed by atoms with Crippen molar-refractivity contribution in [3.63, 3.8) is 0 Å². The van der Waals surface area contributed by atoms with Crippen molar-refractivity contribution in [1.82, 2.24) is 4.98 Å². The maximum absolute atomic E-state index is 5.49. The largest absolute Gasteiger partial charge is 0.330 e. The molecule has 0 aliphatic heterocycles. The molecule has 0 aromatic carbocycles. The van der Waals surface area contributed by atoms with Crippen molar-refractivity contribution >= 4 is 11.3 Å². The maximum Gasteiger partial charge on any atom is 0.0422 e. The maximum atomic E-state index is 5.49. The second-order valence-electron chi connectivity index (χ2n) is 3.09. The minimum Gasteiger partial charge on any atom is -0.330 e. The first-order valence-electron chi connectivity index (χ1n) is 4.58. The summed E-state index contributed by atoms with van der Waals surface area (Å²) in [6.45, 7) is 0.653. The van der Waals surface area contributed by atoms with Crippen molar-refractivity contribution in [2.75, 3.05) is 6.54 Å². The molecule has 0 fully saturated rings. The summed E-state index contributed by atoms with van der Waals surface area (Å²) in [5, 5.41) is 4.22. The zero-order valence-corrected chi connectivity index (χ0v) is 8.63. The number of thiophene rings is 1. The Morgan fingerprint density at radius 3 is 2.93 bits per heavy atom. The van der Waals surface area contributed by atoms with Gasteiger partial charge in [-0.1, -0.05) is 0 Å². The normalized spacial score (nSPS) is 10.4. The number of pyridine rings is 1. The van der Waals surface area contributed by atoms with Gasteiger partial charge in [0.2, 0.25) is 0 Å². The minimum absolute atomic E-state index is 0.653. The first-order valence-corrected chi connectivity index (χ1v) is 5.52. The van der Waals surface area contributed by atoms with E-state index in [1.807, 2.05) is 12.3 Å². The van der Waals surface area contributed by atoms with E-state index < -0.39 is 0 Å². The molecule has 0 spiro atoms. The molecule has 2 aromatic rings. The quantitative estimate of drug-likeness (QED) is 0.833. The monoisotopic (exact) mass is 204 g/mol. The van der Waals surface area contributed by atoms with Crippen LogP contribution in [0.3, 0.4) is 0 Å². The zero-order chi connectivity index (χ0) is 9.80. The van der Waals surface area contributed by atoms with E-state index >= 15 is 0 Å². The Bertz CT molecular complexity index is 395. The predicted molar refractivity (Wildman–Crippen MR) is 60.3 cm³/mol. The van der Waals surface area contributed by atoms with Crippen LogP contribution in [0.1, 0.15) is 5.69 Å². The third-order valence-corrected chi connectivity index (χ3v) is 2.75. The number of nitrogens with zero attached hydrogens (tertiary/aromatic N) is 1. The van der Waals surface area contributed by atoms with Crippen LogP contribution >= 0.6 is 11.3 Å². The van der Waals surface area contributed by atoms with Crippen molar-refractivity contribution in [1.29, 1.82) is 0 Å². The highest BCUT2D eigenvalue weighted by molar-refractivity contribution is 7.08. The van der Waals surface area contributed by atoms with Crippen LogP contribution in [0.2, 0.25) is 0 Å². The Kier molecular flexibility index (Phi) is 2.91. The van der Waals surface area contributed by atoms with Crippen LogP contribution in [0, 0.1) is 0 Å². The Labute approximate surface area is 87.4 Å². The van der Waals surface area contributed by atoms with Crippen molar-refractivity contribution in [2.45, 2.75) is 6.42 Å². The fraction of sp³-hybridized carbons (Fsp3) is 0.182. The number of nitrogens with two attached hydrogens (primary N) is 1. The molecule has 2 N–H and O–H groups in total. The molecule has 0 unspecified atom stereocenters. The summed E-state index contributed by atoms with van der Waals surface area (Å²) in [6.07, 6.45) is 2.69. The molecule has 2 heterocycles. The van der Waals surface area contributed by atoms with E-state index in [1.54, 1.807) is 11.3 Å². The van der Waals surface area contributed by atoms with Gasteiger partial charge in [0.1, 0.15) is 0 Å². The summed E-state index contributed by atoms with van der Waals surface area (Å²) in [5.41, 5.74) is 9.04. The van der Waals surface area contributed by atoms with E-state index in [0.29, 0.717) is 6.54 Å². The molecule has 0 radical (unpaired) electrons. The Hall–Kier alpha value is -1.19. The van der Waals surface area contributed by atoms with E-state index in [-0.39, 0.29) is 0 Å². The Morgan fingerprint density at radius 1 is 1.29 bits per heavy atom. The summed E-state index contributed by atoms with van der Waals surface area (Å²) < 4.78 is 0. The molecule has 2 rings (SSSR count). The molecule has 0 aliphatic rings. The predicted octanol–water partition coefficient (Wildman–Crippen LogP) is 2.31. The van der Waals surface area contributed by atoms with Gasteiger partial charge in [-0.3, -0.25) is 4.98 Å². The standard InChI is InChI=1S/C11H12N2S/c12-4-1-11-7-9(2-5-13-11)10-3-6-14-8-10/h2-3,5-8H,1,4,12H2. The molecule has 0 atom stereocenters. The Morgan fingerprint density at radius 2 is 2.21 bits per heavy atom. The highest BCUT2D eigenvalue weighted by atomic mass is 32.1. The van der Waals surface area contributed by atoms with Gasteiger partial charge in [0.25, 0.3) is 0 Å². The van der Waals surface area contributed by atoms with Gasteiger partial charge in [0, 0.05) is 18.3 Å². The fourth-order valence-electron chi connectivity index (χ4n) is 1.37. The van der Waals surface area contributed by atoms with E-state index in [2.05, 4.69) is 27.9 Å². The molecule has 0 amide bonds. The van der Waals surface area contributed by atoms with E-state index in [9.17, 15) is 0 Å². The van der Waals surface area contributed by atoms with Gasteiger partial charge >= 0.3 is 0 Å². The smallest absolute Gasteiger partial charge is 0.0422 e. The summed E-state index contributed by atoms with van der Waals surface area (Å²) >= 11 is 1.71. The third-order valence-electron chi connectivity index (χ3n) is 2.07. The molecule has 0 saturated carbocycles. The van der Waals surface area contributed by atoms with Gasteiger partial charge < -0.3 is 5.73 Å². The summed E-state index contributed by atoms with van der Waals surface area (Å²) in [7, 11) is 0. The Balaban J connectivity index is 2.31. The van der Waals surface area contributed by atoms with Crippen molar-refractivity contribution < 1.29 is 0 Å². The molecular weight excluding hydrogens is 192 g/mol. The minimum atomic E-state index is 0.653. The van der Waals surface area contributed by atoms with Gasteiger partial charge in [0.15, 0.2) is 0 Å². The topological polar surface area (TPSA) is 38.9 Å². The highest BCUT2D eigenvalue weighted by Gasteiger charge is 1.99. The molecular formula is C11H12N2S. The molecule has 3 heteroatoms. The lowest BCUT2D eigenvalue weighted by atomic mass is 10.1. The highest BCUT2D eigenvalue weighted by Crippen LogP contribution is 2.21. The van der Waals surface area contributed by atoms with Crippen LogP contribution in [-0.2, 0) is 6.42 Å². The van der Waals surface area contributed by atoms with Gasteiger partial charge in [-0.2, -0.15) is 11.3 Å². The second kappa shape index (κ2) is 4.35. The zero-order valence-electron chi connectivity index (χ0n) is 7.81. The average molecular weight is 204 g/mol. The average Bonchev–Trinajstić information content (AvgIpc) is 2.71. The van der Waals surface area contributed by atoms with Gasteiger partial charge in [0.05, 0.1) is 0 Å². The van der Waals surface area contributed by atoms with Crippen LogP contribution in [0.25, 0.3) is 11.1 Å². The van der Waals surface area contributed by atoms with Gasteiger partial charge in [-0.25, -0.2) is 0 Å². The molecule has 0 aliphatic carbocycles. The summed E-state index contributed by atoms with van der Waals surface area (Å²) in [4.78, 5) is 4.26. The van der Waals surface area contributed by atoms with E-state index in [4.69, 9.17) is 5.73 Å². The van der Waals surface area contributed by atoms with Crippen molar-refractivity contribution in [3.05, 3.63) is 40.8 Å². The van der Waals surface area contributed by atoms with Crippen LogP contribution in [0.4, 0.5) is 0 Å². The van der Waals surface area contributed by atoms with Crippen molar-refractivity contribution in [2.24, 2.45) is 5.73 Å². The summed E-state index contributed by atoms with van der Waals surface area (Å²) in [6, 6.07) is 6.25. The molecule has 14 heavy (non-hydrogen) atoms. The van der Waals surface area contributed by atoms with Crippen LogP contribution < -0.4 is 5.73 Å². The lowest BCUT2D eigenvalue weighted by Crippen LogP contribution is -2.04. The lowest BCUT2D eigenvalue weighted by molar-refractivity contribution is 0.924. The molecule has 0 saturated heterocycles. The number of hydrogen-bond acceptors (Lipinski definition) is 3. The SMILES string of the molecule is NCCc1cc(-c2ccsc2)ccn1. The van der Waals surface area contributed by atoms with Gasteiger partial charge in [-0.05, 0) is 46.6 Å². The second-order valence-corrected chi connectivity index (χ2v) is 3.87. The summed E-state index contributed by atoms with van der Waals surface area (Å²) in [5.74, 6) is 0. The molecule has 2 nitrogen and oxygen atoms in total. The third kappa shape index (κ3) is 2.00. The van der Waals surface area contributed by atoms with Crippen LogP contribution in [-0.4, -0.2) is 11.5 Å². The number of hydrogen-bond donors (Lipinski definition) is 1. The number of aromatic nitrogens is 1. The van der Waals surface area contributed by atoms with E-state index in [0.717, 1.165) is 12.1 Å². The van der Waals surface area contributed by atoms with E-state index in [1.165, 1.54) is 11.1 Å². The molecule has 72 valence electrons. The molecule has 0 bridgehead atoms. The first kappa shape index (κ1) is 9.37. The van der Waals surface area contributed by atoms with Crippen molar-refractivity contribution in [3.8, 4) is 11.1 Å². The fourth-order valence-corrected chi connectivity index (χ4v) is 2.04. The van der Waals surface area contributed by atoms with Crippen LogP contribution in [0.15, 0.2) is 35.2 Å². The first-order chi connectivity index (χ1) is 6.90.